The van der Waals surface area contributed by atoms with Gasteiger partial charge in [0.15, 0.2) is 11.0 Å². The molecule has 0 aliphatic carbocycles. The molecule has 3 aromatic heterocycles. The first kappa shape index (κ1) is 17.5. The number of nitrogens with zero attached hydrogens (tertiary/aromatic N) is 2. The van der Waals surface area contributed by atoms with E-state index >= 15 is 0 Å². The summed E-state index contributed by atoms with van der Waals surface area (Å²) < 4.78 is 5.28. The van der Waals surface area contributed by atoms with Crippen LogP contribution in [0.1, 0.15) is 46.1 Å². The molecule has 1 aliphatic heterocycles. The van der Waals surface area contributed by atoms with E-state index < -0.39 is 0 Å². The van der Waals surface area contributed by atoms with E-state index in [2.05, 4.69) is 103 Å². The molecule has 0 saturated carbocycles. The summed E-state index contributed by atoms with van der Waals surface area (Å²) in [6.07, 6.45) is 2.21. The lowest BCUT2D eigenvalue weighted by atomic mass is 9.62. The van der Waals surface area contributed by atoms with Crippen molar-refractivity contribution in [3.8, 4) is 0 Å². The Morgan fingerprint density at radius 2 is 1.55 bits per heavy atom. The lowest BCUT2D eigenvalue weighted by Crippen LogP contribution is -2.66. The highest BCUT2D eigenvalue weighted by Gasteiger charge is 2.55. The smallest absolute Gasteiger partial charge is 0.216 e. The van der Waals surface area contributed by atoms with Gasteiger partial charge in [0, 0.05) is 16.2 Å². The van der Waals surface area contributed by atoms with Gasteiger partial charge in [0.1, 0.15) is 11.1 Å². The van der Waals surface area contributed by atoms with Gasteiger partial charge in [-0.1, -0.05) is 69.3 Å². The fraction of sp³-hybridized carbons (Fsp3) is 0.276. The van der Waals surface area contributed by atoms with Gasteiger partial charge in [-0.3, -0.25) is 0 Å². The molecule has 0 saturated heterocycles. The molecule has 0 radical (unpaired) electrons. The zero-order valence-corrected chi connectivity index (χ0v) is 18.7. The summed E-state index contributed by atoms with van der Waals surface area (Å²) in [6, 6.07) is 25.2. The molecule has 2 atom stereocenters. The standard InChI is InChI=1S/C29H27N2/c1-5-28(3)22-15-9-11-18-17-24-20-13-8-7-12-19(20)21-14-10-16-23-26(21)30(24)27(25(18)22)31(23)29(28,4)6-2/h7-17H,5-6H2,1-4H3/q+1. The highest BCUT2D eigenvalue weighted by Crippen LogP contribution is 2.51. The van der Waals surface area contributed by atoms with Crippen LogP contribution in [0.4, 0.5) is 0 Å². The SMILES string of the molecule is CCC1(C)c2cccc3cc4c5ccccc5c5cccc6c5n4c(c23)[n+]6C1(C)CC. The largest absolute Gasteiger partial charge is 0.296 e. The predicted molar refractivity (Wildman–Crippen MR) is 130 cm³/mol. The van der Waals surface area contributed by atoms with E-state index in [1.165, 1.54) is 54.7 Å². The topological polar surface area (TPSA) is 8.29 Å². The molecule has 0 N–H and O–H groups in total. The van der Waals surface area contributed by atoms with E-state index in [9.17, 15) is 0 Å². The first-order valence-electron chi connectivity index (χ1n) is 11.6. The van der Waals surface area contributed by atoms with Gasteiger partial charge in [-0.25, -0.2) is 4.57 Å². The first-order chi connectivity index (χ1) is 15.0. The summed E-state index contributed by atoms with van der Waals surface area (Å²) in [6.45, 7) is 9.70. The van der Waals surface area contributed by atoms with Crippen LogP contribution in [-0.2, 0) is 11.0 Å². The maximum Gasteiger partial charge on any atom is 0.296 e. The zero-order chi connectivity index (χ0) is 21.1. The van der Waals surface area contributed by atoms with E-state index in [1.807, 2.05) is 0 Å². The summed E-state index contributed by atoms with van der Waals surface area (Å²) in [4.78, 5) is 0. The molecule has 0 fully saturated rings. The average Bonchev–Trinajstić information content (AvgIpc) is 3.18. The Kier molecular flexibility index (Phi) is 3.04. The van der Waals surface area contributed by atoms with Gasteiger partial charge >= 0.3 is 0 Å². The van der Waals surface area contributed by atoms with Gasteiger partial charge in [-0.2, -0.15) is 4.40 Å². The second-order valence-corrected chi connectivity index (χ2v) is 9.83. The van der Waals surface area contributed by atoms with Crippen molar-refractivity contribution in [2.75, 3.05) is 0 Å². The van der Waals surface area contributed by atoms with Gasteiger partial charge in [-0.05, 0) is 54.3 Å². The van der Waals surface area contributed by atoms with Gasteiger partial charge < -0.3 is 0 Å². The molecule has 3 aromatic carbocycles. The molecule has 1 aliphatic rings. The van der Waals surface area contributed by atoms with E-state index in [0.717, 1.165) is 12.8 Å². The minimum absolute atomic E-state index is 0.0101. The van der Waals surface area contributed by atoms with Crippen LogP contribution in [0.15, 0.2) is 66.7 Å². The first-order valence-corrected chi connectivity index (χ1v) is 11.6. The normalized spacial score (nSPS) is 23.4. The van der Waals surface area contributed by atoms with Crippen LogP contribution in [-0.4, -0.2) is 4.40 Å². The Morgan fingerprint density at radius 3 is 2.32 bits per heavy atom. The van der Waals surface area contributed by atoms with Crippen molar-refractivity contribution in [1.29, 1.82) is 0 Å². The number of aromatic nitrogens is 2. The number of fused-ring (bicyclic) bond motifs is 4. The second-order valence-electron chi connectivity index (χ2n) is 9.83. The zero-order valence-electron chi connectivity index (χ0n) is 18.7. The predicted octanol–water partition coefficient (Wildman–Crippen LogP) is 7.08. The van der Waals surface area contributed by atoms with Crippen LogP contribution < -0.4 is 4.57 Å². The maximum atomic E-state index is 2.71. The Hall–Kier alpha value is -3.13. The molecule has 0 bridgehead atoms. The quantitative estimate of drug-likeness (QED) is 0.166. The lowest BCUT2D eigenvalue weighted by Gasteiger charge is -2.46. The average molecular weight is 404 g/mol. The third-order valence-corrected chi connectivity index (χ3v) is 8.92. The van der Waals surface area contributed by atoms with E-state index in [4.69, 9.17) is 0 Å². The molecule has 6 aromatic rings. The number of benzene rings is 3. The number of pyridine rings is 2. The second kappa shape index (κ2) is 5.37. The third-order valence-electron chi connectivity index (χ3n) is 8.92. The molecule has 0 spiro atoms. The Morgan fingerprint density at radius 1 is 0.806 bits per heavy atom. The molecule has 2 heteroatoms. The van der Waals surface area contributed by atoms with Crippen LogP contribution >= 0.6 is 0 Å². The van der Waals surface area contributed by atoms with Crippen LogP contribution in [0.2, 0.25) is 0 Å². The fourth-order valence-corrected chi connectivity index (χ4v) is 6.85. The molecule has 152 valence electrons. The molecule has 0 amide bonds. The Bertz CT molecular complexity index is 1690. The molecular weight excluding hydrogens is 376 g/mol. The Balaban J connectivity index is 1.94. The molecule has 7 rings (SSSR count). The minimum atomic E-state index is -0.0101. The van der Waals surface area contributed by atoms with Gasteiger partial charge in [0.2, 0.25) is 0 Å². The van der Waals surface area contributed by atoms with Crippen molar-refractivity contribution in [3.63, 3.8) is 0 Å². The number of rotatable bonds is 2. The van der Waals surface area contributed by atoms with Crippen molar-refractivity contribution in [2.45, 2.75) is 51.5 Å². The molecule has 2 unspecified atom stereocenters. The lowest BCUT2D eigenvalue weighted by molar-refractivity contribution is -0.728. The molecule has 4 heterocycles. The fourth-order valence-electron chi connectivity index (χ4n) is 6.85. The van der Waals surface area contributed by atoms with Crippen LogP contribution in [0, 0.1) is 0 Å². The molecule has 31 heavy (non-hydrogen) atoms. The van der Waals surface area contributed by atoms with Gasteiger partial charge in [0.25, 0.3) is 5.65 Å². The number of hydrogen-bond donors (Lipinski definition) is 0. The van der Waals surface area contributed by atoms with Crippen molar-refractivity contribution in [2.24, 2.45) is 0 Å². The van der Waals surface area contributed by atoms with Crippen LogP contribution in [0.3, 0.4) is 0 Å². The highest BCUT2D eigenvalue weighted by molar-refractivity contribution is 6.19. The van der Waals surface area contributed by atoms with Crippen molar-refractivity contribution >= 4 is 49.1 Å². The number of para-hydroxylation sites is 1. The third kappa shape index (κ3) is 1.70. The molecular formula is C29H27N2+. The number of imidazole rings is 1. The van der Waals surface area contributed by atoms with Crippen molar-refractivity contribution in [1.82, 2.24) is 4.40 Å². The summed E-state index contributed by atoms with van der Waals surface area (Å²) in [5.74, 6) is 0. The van der Waals surface area contributed by atoms with Gasteiger partial charge in [0.05, 0.1) is 5.39 Å². The van der Waals surface area contributed by atoms with E-state index in [-0.39, 0.29) is 11.0 Å². The summed E-state index contributed by atoms with van der Waals surface area (Å²) in [7, 11) is 0. The summed E-state index contributed by atoms with van der Waals surface area (Å²) >= 11 is 0. The number of hydrogen-bond acceptors (Lipinski definition) is 0. The van der Waals surface area contributed by atoms with E-state index in [1.54, 1.807) is 0 Å². The van der Waals surface area contributed by atoms with Crippen LogP contribution in [0.25, 0.3) is 49.1 Å². The monoisotopic (exact) mass is 403 g/mol. The van der Waals surface area contributed by atoms with Gasteiger partial charge in [-0.15, -0.1) is 0 Å². The Labute approximate surface area is 182 Å². The van der Waals surface area contributed by atoms with Crippen molar-refractivity contribution < 1.29 is 4.57 Å². The summed E-state index contributed by atoms with van der Waals surface area (Å²) in [5, 5.41) is 6.82. The van der Waals surface area contributed by atoms with Crippen molar-refractivity contribution in [3.05, 3.63) is 72.3 Å². The van der Waals surface area contributed by atoms with Crippen LogP contribution in [0.5, 0.6) is 0 Å². The van der Waals surface area contributed by atoms with E-state index in [0.29, 0.717) is 0 Å². The molecule has 2 nitrogen and oxygen atoms in total. The highest BCUT2D eigenvalue weighted by atomic mass is 15.2. The maximum absolute atomic E-state index is 2.71. The summed E-state index contributed by atoms with van der Waals surface area (Å²) in [5.41, 5.74) is 6.97. The minimum Gasteiger partial charge on any atom is -0.216 e.